The van der Waals surface area contributed by atoms with E-state index in [9.17, 15) is 4.79 Å². The molecule has 0 aliphatic heterocycles. The molecule has 3 heteroatoms. The summed E-state index contributed by atoms with van der Waals surface area (Å²) in [4.78, 5) is 11.3. The van der Waals surface area contributed by atoms with Crippen molar-refractivity contribution in [3.63, 3.8) is 0 Å². The summed E-state index contributed by atoms with van der Waals surface area (Å²) in [5.41, 5.74) is 1.32. The largest absolute Gasteiger partial charge is 0.352 e. The average Bonchev–Trinajstić information content (AvgIpc) is 2.78. The molecule has 1 aromatic rings. The predicted molar refractivity (Wildman–Crippen MR) is 65.7 cm³/mol. The Bertz CT molecular complexity index is 352. The second-order valence-corrected chi connectivity index (χ2v) is 4.52. The number of rotatable bonds is 3. The number of carbonyl (C=O) groups is 1. The Morgan fingerprint density at radius 2 is 2.06 bits per heavy atom. The normalized spacial score (nSPS) is 24.3. The molecule has 0 bridgehead atoms. The molecule has 0 unspecified atom stereocenters. The first kappa shape index (κ1) is 11.5. The fourth-order valence-electron chi connectivity index (χ4n) is 2.48. The third-order valence-electron chi connectivity index (χ3n) is 3.21. The van der Waals surface area contributed by atoms with Crippen molar-refractivity contribution in [3.05, 3.63) is 35.9 Å². The standard InChI is InChI=1S/C13H16ClNO/c14-9-13(16)15-12-8-4-7-11(12)10-5-2-1-3-6-10/h1-3,5-6,11-12H,4,7-9H2,(H,15,16)/t11-,12-/m1/s1. The van der Waals surface area contributed by atoms with E-state index in [-0.39, 0.29) is 17.8 Å². The van der Waals surface area contributed by atoms with Crippen LogP contribution in [0.15, 0.2) is 30.3 Å². The third-order valence-corrected chi connectivity index (χ3v) is 3.45. The zero-order chi connectivity index (χ0) is 11.4. The first-order valence-corrected chi connectivity index (χ1v) is 6.25. The molecule has 0 heterocycles. The van der Waals surface area contributed by atoms with Gasteiger partial charge in [-0.1, -0.05) is 36.8 Å². The van der Waals surface area contributed by atoms with Crippen molar-refractivity contribution in [2.24, 2.45) is 0 Å². The Morgan fingerprint density at radius 3 is 2.75 bits per heavy atom. The van der Waals surface area contributed by atoms with E-state index in [1.54, 1.807) is 0 Å². The molecule has 1 amide bonds. The highest BCUT2D eigenvalue weighted by molar-refractivity contribution is 6.27. The monoisotopic (exact) mass is 237 g/mol. The van der Waals surface area contributed by atoms with Crippen LogP contribution in [0, 0.1) is 0 Å². The Kier molecular flexibility index (Phi) is 3.83. The van der Waals surface area contributed by atoms with Crippen LogP contribution in [0.25, 0.3) is 0 Å². The van der Waals surface area contributed by atoms with Crippen LogP contribution in [0.1, 0.15) is 30.7 Å². The van der Waals surface area contributed by atoms with E-state index in [2.05, 4.69) is 17.4 Å². The lowest BCUT2D eigenvalue weighted by molar-refractivity contribution is -0.119. The van der Waals surface area contributed by atoms with Crippen molar-refractivity contribution in [2.45, 2.75) is 31.2 Å². The number of carbonyl (C=O) groups excluding carboxylic acids is 1. The Balaban J connectivity index is 2.06. The van der Waals surface area contributed by atoms with Crippen LogP contribution < -0.4 is 5.32 Å². The summed E-state index contributed by atoms with van der Waals surface area (Å²) in [5.74, 6) is 0.445. The topological polar surface area (TPSA) is 29.1 Å². The van der Waals surface area contributed by atoms with E-state index in [1.165, 1.54) is 12.0 Å². The van der Waals surface area contributed by atoms with E-state index in [0.717, 1.165) is 12.8 Å². The molecule has 1 aromatic carbocycles. The number of hydrogen-bond acceptors (Lipinski definition) is 1. The Morgan fingerprint density at radius 1 is 1.31 bits per heavy atom. The average molecular weight is 238 g/mol. The van der Waals surface area contributed by atoms with Gasteiger partial charge in [0.2, 0.25) is 5.91 Å². The Labute approximate surface area is 101 Å². The molecular formula is C13H16ClNO. The van der Waals surface area contributed by atoms with Crippen LogP contribution in [0.2, 0.25) is 0 Å². The zero-order valence-corrected chi connectivity index (χ0v) is 9.91. The summed E-state index contributed by atoms with van der Waals surface area (Å²) >= 11 is 5.51. The van der Waals surface area contributed by atoms with Gasteiger partial charge in [0.05, 0.1) is 0 Å². The molecular weight excluding hydrogens is 222 g/mol. The maximum Gasteiger partial charge on any atom is 0.235 e. The molecule has 2 rings (SSSR count). The van der Waals surface area contributed by atoms with Gasteiger partial charge >= 0.3 is 0 Å². The van der Waals surface area contributed by atoms with Crippen LogP contribution in [0.4, 0.5) is 0 Å². The summed E-state index contributed by atoms with van der Waals surface area (Å²) in [6.45, 7) is 0. The van der Waals surface area contributed by atoms with Gasteiger partial charge in [-0.15, -0.1) is 11.6 Å². The van der Waals surface area contributed by atoms with E-state index in [4.69, 9.17) is 11.6 Å². The summed E-state index contributed by atoms with van der Waals surface area (Å²) in [6.07, 6.45) is 3.38. The van der Waals surface area contributed by atoms with E-state index < -0.39 is 0 Å². The van der Waals surface area contributed by atoms with E-state index >= 15 is 0 Å². The summed E-state index contributed by atoms with van der Waals surface area (Å²) in [5, 5.41) is 3.01. The highest BCUT2D eigenvalue weighted by Crippen LogP contribution is 2.34. The number of benzene rings is 1. The third kappa shape index (κ3) is 2.56. The van der Waals surface area contributed by atoms with E-state index in [1.807, 2.05) is 18.2 Å². The highest BCUT2D eigenvalue weighted by atomic mass is 35.5. The minimum absolute atomic E-state index is 0.0536. The van der Waals surface area contributed by atoms with Crippen molar-refractivity contribution in [1.29, 1.82) is 0 Å². The number of halogens is 1. The molecule has 0 radical (unpaired) electrons. The molecule has 1 aliphatic carbocycles. The highest BCUT2D eigenvalue weighted by Gasteiger charge is 2.29. The lowest BCUT2D eigenvalue weighted by atomic mass is 9.94. The molecule has 0 aromatic heterocycles. The van der Waals surface area contributed by atoms with Gasteiger partial charge in [-0.3, -0.25) is 4.79 Å². The molecule has 1 fully saturated rings. The van der Waals surface area contributed by atoms with Crippen LogP contribution in [-0.2, 0) is 4.79 Å². The lowest BCUT2D eigenvalue weighted by Gasteiger charge is -2.20. The first-order valence-electron chi connectivity index (χ1n) is 5.71. The number of alkyl halides is 1. The van der Waals surface area contributed by atoms with Gasteiger partial charge in [-0.2, -0.15) is 0 Å². The van der Waals surface area contributed by atoms with Gasteiger partial charge in [0.25, 0.3) is 0 Å². The van der Waals surface area contributed by atoms with Crippen molar-refractivity contribution in [2.75, 3.05) is 5.88 Å². The molecule has 1 N–H and O–H groups in total. The summed E-state index contributed by atoms with van der Waals surface area (Å²) in [6, 6.07) is 10.6. The number of nitrogens with one attached hydrogen (secondary N) is 1. The number of hydrogen-bond donors (Lipinski definition) is 1. The maximum atomic E-state index is 11.3. The minimum atomic E-state index is -0.0607. The lowest BCUT2D eigenvalue weighted by Crippen LogP contribution is -2.37. The zero-order valence-electron chi connectivity index (χ0n) is 9.16. The van der Waals surface area contributed by atoms with Gasteiger partial charge in [0.15, 0.2) is 0 Å². The maximum absolute atomic E-state index is 11.3. The molecule has 0 spiro atoms. The van der Waals surface area contributed by atoms with Crippen LogP contribution in [0.3, 0.4) is 0 Å². The smallest absolute Gasteiger partial charge is 0.235 e. The van der Waals surface area contributed by atoms with Crippen molar-refractivity contribution in [1.82, 2.24) is 5.32 Å². The van der Waals surface area contributed by atoms with Crippen molar-refractivity contribution < 1.29 is 4.79 Å². The Hall–Kier alpha value is -1.02. The summed E-state index contributed by atoms with van der Waals surface area (Å²) < 4.78 is 0. The number of amides is 1. The second-order valence-electron chi connectivity index (χ2n) is 4.26. The quantitative estimate of drug-likeness (QED) is 0.805. The van der Waals surface area contributed by atoms with Crippen molar-refractivity contribution >= 4 is 17.5 Å². The first-order chi connectivity index (χ1) is 7.81. The summed E-state index contributed by atoms with van der Waals surface area (Å²) in [7, 11) is 0. The second kappa shape index (κ2) is 5.35. The fourth-order valence-corrected chi connectivity index (χ4v) is 2.55. The molecule has 86 valence electrons. The van der Waals surface area contributed by atoms with Crippen LogP contribution >= 0.6 is 11.6 Å². The van der Waals surface area contributed by atoms with Gasteiger partial charge in [0.1, 0.15) is 5.88 Å². The molecule has 1 aliphatic rings. The van der Waals surface area contributed by atoms with Gasteiger partial charge < -0.3 is 5.32 Å². The molecule has 1 saturated carbocycles. The van der Waals surface area contributed by atoms with Gasteiger partial charge in [-0.05, 0) is 18.4 Å². The molecule has 0 saturated heterocycles. The van der Waals surface area contributed by atoms with Crippen molar-refractivity contribution in [3.8, 4) is 0 Å². The van der Waals surface area contributed by atoms with Crippen LogP contribution in [-0.4, -0.2) is 17.8 Å². The minimum Gasteiger partial charge on any atom is -0.352 e. The molecule has 16 heavy (non-hydrogen) atoms. The predicted octanol–water partition coefficient (Wildman–Crippen LogP) is 2.68. The molecule has 2 nitrogen and oxygen atoms in total. The van der Waals surface area contributed by atoms with Gasteiger partial charge in [-0.25, -0.2) is 0 Å². The van der Waals surface area contributed by atoms with Crippen LogP contribution in [0.5, 0.6) is 0 Å². The van der Waals surface area contributed by atoms with E-state index in [0.29, 0.717) is 5.92 Å². The fraction of sp³-hybridized carbons (Fsp3) is 0.462. The van der Waals surface area contributed by atoms with Gasteiger partial charge in [0, 0.05) is 12.0 Å². The SMILES string of the molecule is O=C(CCl)N[C@@H]1CCC[C@@H]1c1ccccc1. The molecule has 2 atom stereocenters.